The zero-order valence-corrected chi connectivity index (χ0v) is 9.82. The van der Waals surface area contributed by atoms with Gasteiger partial charge in [0, 0.05) is 6.21 Å². The zero-order chi connectivity index (χ0) is 12.6. The summed E-state index contributed by atoms with van der Waals surface area (Å²) in [5.74, 6) is 0. The summed E-state index contributed by atoms with van der Waals surface area (Å²) in [6.45, 7) is 0.242. The van der Waals surface area contributed by atoms with Crippen LogP contribution in [0.1, 0.15) is 11.1 Å². The van der Waals surface area contributed by atoms with Gasteiger partial charge in [-0.25, -0.2) is 4.79 Å². The van der Waals surface area contributed by atoms with Gasteiger partial charge in [-0.3, -0.25) is 0 Å². The maximum Gasteiger partial charge on any atom is 0.433 e. The monoisotopic (exact) mass is 239 g/mol. The number of nitrogens with zero attached hydrogens (tertiary/aromatic N) is 1. The molecular formula is C15H13NO2. The molecule has 2 aromatic rings. The van der Waals surface area contributed by atoms with Gasteiger partial charge in [-0.1, -0.05) is 60.7 Å². The van der Waals surface area contributed by atoms with Gasteiger partial charge in [-0.15, -0.1) is 0 Å². The van der Waals surface area contributed by atoms with Gasteiger partial charge < -0.3 is 4.74 Å². The van der Waals surface area contributed by atoms with Crippen molar-refractivity contribution in [1.29, 1.82) is 0 Å². The fourth-order valence-corrected chi connectivity index (χ4v) is 1.42. The Balaban J connectivity index is 1.84. The lowest BCUT2D eigenvalue weighted by molar-refractivity contribution is 0.151. The summed E-state index contributed by atoms with van der Waals surface area (Å²) in [7, 11) is 0. The summed E-state index contributed by atoms with van der Waals surface area (Å²) in [5.41, 5.74) is 1.81. The molecule has 0 aliphatic rings. The lowest BCUT2D eigenvalue weighted by atomic mass is 10.2. The van der Waals surface area contributed by atoms with Crippen LogP contribution in [0.2, 0.25) is 0 Å². The largest absolute Gasteiger partial charge is 0.443 e. The molecule has 1 amide bonds. The molecule has 0 spiro atoms. The molecule has 3 nitrogen and oxygen atoms in total. The third-order valence-corrected chi connectivity index (χ3v) is 2.32. The van der Waals surface area contributed by atoms with Crippen LogP contribution in [0, 0.1) is 0 Å². The van der Waals surface area contributed by atoms with Crippen LogP contribution in [0.25, 0.3) is 0 Å². The first-order valence-electron chi connectivity index (χ1n) is 5.64. The number of rotatable bonds is 3. The Morgan fingerprint density at radius 3 is 2.28 bits per heavy atom. The highest BCUT2D eigenvalue weighted by molar-refractivity contribution is 5.88. The second-order valence-corrected chi connectivity index (χ2v) is 3.71. The summed E-state index contributed by atoms with van der Waals surface area (Å²) in [5, 5.41) is 0. The summed E-state index contributed by atoms with van der Waals surface area (Å²) in [6.07, 6.45) is 0.913. The van der Waals surface area contributed by atoms with Crippen LogP contribution in [-0.4, -0.2) is 12.3 Å². The Bertz CT molecular complexity index is 521. The Morgan fingerprint density at radius 1 is 1.00 bits per heavy atom. The molecule has 0 unspecified atom stereocenters. The number of hydrogen-bond acceptors (Lipinski definition) is 2. The average Bonchev–Trinajstić information content (AvgIpc) is 2.45. The molecule has 0 atom stereocenters. The minimum atomic E-state index is -0.581. The van der Waals surface area contributed by atoms with E-state index in [-0.39, 0.29) is 6.61 Å². The van der Waals surface area contributed by atoms with Gasteiger partial charge in [-0.05, 0) is 11.1 Å². The Kier molecular flexibility index (Phi) is 4.25. The molecule has 3 heteroatoms. The maximum absolute atomic E-state index is 11.4. The minimum absolute atomic E-state index is 0.242. The fraction of sp³-hybridized carbons (Fsp3) is 0.0667. The first-order chi connectivity index (χ1) is 8.84. The lowest BCUT2D eigenvalue weighted by Gasteiger charge is -2.00. The van der Waals surface area contributed by atoms with Crippen molar-refractivity contribution in [2.75, 3.05) is 0 Å². The van der Waals surface area contributed by atoms with Gasteiger partial charge in [0.25, 0.3) is 0 Å². The maximum atomic E-state index is 11.4. The third-order valence-electron chi connectivity index (χ3n) is 2.32. The zero-order valence-electron chi connectivity index (χ0n) is 9.82. The number of benzene rings is 2. The van der Waals surface area contributed by atoms with E-state index in [2.05, 4.69) is 4.99 Å². The molecular weight excluding hydrogens is 226 g/mol. The van der Waals surface area contributed by atoms with Crippen molar-refractivity contribution in [2.45, 2.75) is 6.61 Å². The smallest absolute Gasteiger partial charge is 0.433 e. The number of hydrogen-bond donors (Lipinski definition) is 0. The van der Waals surface area contributed by atoms with Crippen LogP contribution in [0.3, 0.4) is 0 Å². The summed E-state index contributed by atoms with van der Waals surface area (Å²) in [4.78, 5) is 15.1. The predicted octanol–water partition coefficient (Wildman–Crippen LogP) is 3.44. The summed E-state index contributed by atoms with van der Waals surface area (Å²) >= 11 is 0. The van der Waals surface area contributed by atoms with Crippen molar-refractivity contribution in [3.05, 3.63) is 71.8 Å². The van der Waals surface area contributed by atoms with E-state index in [1.165, 1.54) is 6.21 Å². The van der Waals surface area contributed by atoms with Gasteiger partial charge >= 0.3 is 6.09 Å². The van der Waals surface area contributed by atoms with Crippen LogP contribution in [0.5, 0.6) is 0 Å². The molecule has 0 N–H and O–H groups in total. The topological polar surface area (TPSA) is 38.7 Å². The van der Waals surface area contributed by atoms with E-state index in [4.69, 9.17) is 4.74 Å². The van der Waals surface area contributed by atoms with Gasteiger partial charge in [0.15, 0.2) is 0 Å². The van der Waals surface area contributed by atoms with E-state index < -0.39 is 6.09 Å². The standard InChI is InChI=1S/C15H13NO2/c17-15(16-11-13-7-3-1-4-8-13)18-12-14-9-5-2-6-10-14/h1-11H,12H2/b16-11+. The molecule has 0 radical (unpaired) electrons. The molecule has 90 valence electrons. The van der Waals surface area contributed by atoms with Crippen LogP contribution in [0.4, 0.5) is 4.79 Å². The normalized spacial score (nSPS) is 10.4. The molecule has 0 heterocycles. The molecule has 2 rings (SSSR count). The number of ether oxygens (including phenoxy) is 1. The predicted molar refractivity (Wildman–Crippen MR) is 70.7 cm³/mol. The molecule has 0 aliphatic carbocycles. The van der Waals surface area contributed by atoms with Crippen molar-refractivity contribution in [3.63, 3.8) is 0 Å². The van der Waals surface area contributed by atoms with Crippen molar-refractivity contribution >= 4 is 12.3 Å². The van der Waals surface area contributed by atoms with Crippen molar-refractivity contribution in [1.82, 2.24) is 0 Å². The molecule has 0 saturated carbocycles. The quantitative estimate of drug-likeness (QED) is 0.769. The third kappa shape index (κ3) is 3.87. The first kappa shape index (κ1) is 12.0. The van der Waals surface area contributed by atoms with Crippen molar-refractivity contribution < 1.29 is 9.53 Å². The van der Waals surface area contributed by atoms with Crippen LogP contribution < -0.4 is 0 Å². The number of carbonyl (C=O) groups is 1. The molecule has 0 fully saturated rings. The highest BCUT2D eigenvalue weighted by Gasteiger charge is 1.99. The first-order valence-corrected chi connectivity index (χ1v) is 5.64. The Hall–Kier alpha value is -2.42. The summed E-state index contributed by atoms with van der Waals surface area (Å²) in [6, 6.07) is 18.9. The SMILES string of the molecule is O=C(/N=C/c1ccccc1)OCc1ccccc1. The second kappa shape index (κ2) is 6.35. The lowest BCUT2D eigenvalue weighted by Crippen LogP contribution is -1.99. The van der Waals surface area contributed by atoms with E-state index in [9.17, 15) is 4.79 Å². The number of amides is 1. The number of aliphatic imine (C=N–C) groups is 1. The Morgan fingerprint density at radius 2 is 1.61 bits per heavy atom. The van der Waals surface area contributed by atoms with E-state index in [0.29, 0.717) is 0 Å². The fourth-order valence-electron chi connectivity index (χ4n) is 1.42. The van der Waals surface area contributed by atoms with E-state index in [0.717, 1.165) is 11.1 Å². The minimum Gasteiger partial charge on any atom is -0.443 e. The molecule has 18 heavy (non-hydrogen) atoms. The van der Waals surface area contributed by atoms with Gasteiger partial charge in [0.2, 0.25) is 0 Å². The molecule has 0 bridgehead atoms. The van der Waals surface area contributed by atoms with Crippen LogP contribution in [-0.2, 0) is 11.3 Å². The van der Waals surface area contributed by atoms with E-state index >= 15 is 0 Å². The van der Waals surface area contributed by atoms with Crippen LogP contribution >= 0.6 is 0 Å². The highest BCUT2D eigenvalue weighted by Crippen LogP contribution is 2.01. The van der Waals surface area contributed by atoms with E-state index in [1.54, 1.807) is 0 Å². The molecule has 0 saturated heterocycles. The van der Waals surface area contributed by atoms with Crippen molar-refractivity contribution in [3.8, 4) is 0 Å². The Labute approximate surface area is 106 Å². The molecule has 0 aliphatic heterocycles. The van der Waals surface area contributed by atoms with Gasteiger partial charge in [0.1, 0.15) is 6.61 Å². The van der Waals surface area contributed by atoms with Crippen molar-refractivity contribution in [2.24, 2.45) is 4.99 Å². The second-order valence-electron chi connectivity index (χ2n) is 3.71. The summed E-state index contributed by atoms with van der Waals surface area (Å²) < 4.78 is 5.01. The van der Waals surface area contributed by atoms with Gasteiger partial charge in [-0.2, -0.15) is 4.99 Å². The molecule has 0 aromatic heterocycles. The highest BCUT2D eigenvalue weighted by atomic mass is 16.5. The molecule has 2 aromatic carbocycles. The van der Waals surface area contributed by atoms with Crippen LogP contribution in [0.15, 0.2) is 65.7 Å². The number of carbonyl (C=O) groups excluding carboxylic acids is 1. The van der Waals surface area contributed by atoms with Gasteiger partial charge in [0.05, 0.1) is 0 Å². The van der Waals surface area contributed by atoms with E-state index in [1.807, 2.05) is 60.7 Å². The average molecular weight is 239 g/mol.